The summed E-state index contributed by atoms with van der Waals surface area (Å²) in [6.45, 7) is 2.41. The van der Waals surface area contributed by atoms with Crippen LogP contribution in [-0.4, -0.2) is 37.8 Å². The molecule has 1 aromatic heterocycles. The highest BCUT2D eigenvalue weighted by Crippen LogP contribution is 2.26. The molecule has 1 amide bonds. The van der Waals surface area contributed by atoms with Crippen LogP contribution in [0, 0.1) is 12.7 Å². The minimum atomic E-state index is -3.90. The van der Waals surface area contributed by atoms with Gasteiger partial charge in [0.2, 0.25) is 10.0 Å². The number of hydrogen-bond acceptors (Lipinski definition) is 4. The summed E-state index contributed by atoms with van der Waals surface area (Å²) in [7, 11) is -3.90. The first-order valence-corrected chi connectivity index (χ1v) is 11.1. The van der Waals surface area contributed by atoms with Crippen LogP contribution in [0.4, 0.5) is 4.39 Å². The van der Waals surface area contributed by atoms with Gasteiger partial charge in [0.1, 0.15) is 10.7 Å². The molecule has 1 saturated heterocycles. The van der Waals surface area contributed by atoms with Crippen LogP contribution in [0.25, 0.3) is 0 Å². The van der Waals surface area contributed by atoms with Gasteiger partial charge < -0.3 is 5.32 Å². The smallest absolute Gasteiger partial charge is 0.261 e. The van der Waals surface area contributed by atoms with Gasteiger partial charge in [-0.25, -0.2) is 12.8 Å². The van der Waals surface area contributed by atoms with E-state index < -0.39 is 15.8 Å². The number of nitrogens with one attached hydrogen (secondary N) is 1. The quantitative estimate of drug-likeness (QED) is 0.758. The highest BCUT2D eigenvalue weighted by Gasteiger charge is 2.32. The van der Waals surface area contributed by atoms with Gasteiger partial charge in [0.15, 0.2) is 0 Å². The van der Waals surface area contributed by atoms with Crippen LogP contribution in [-0.2, 0) is 10.0 Å². The average molecular weight is 461 g/mol. The number of halogens is 2. The zero-order valence-corrected chi connectivity index (χ0v) is 17.3. The third-order valence-electron chi connectivity index (χ3n) is 4.26. The molecule has 1 aliphatic rings. The molecule has 26 heavy (non-hydrogen) atoms. The van der Waals surface area contributed by atoms with E-state index in [1.165, 1.54) is 27.8 Å². The number of nitrogens with zero attached hydrogens (tertiary/aromatic N) is 1. The monoisotopic (exact) mass is 460 g/mol. The Morgan fingerprint density at radius 3 is 2.58 bits per heavy atom. The summed E-state index contributed by atoms with van der Waals surface area (Å²) in [5.41, 5.74) is 0. The fourth-order valence-corrected chi connectivity index (χ4v) is 5.71. The molecule has 2 aromatic rings. The van der Waals surface area contributed by atoms with Crippen molar-refractivity contribution in [3.05, 3.63) is 50.4 Å². The average Bonchev–Trinajstić information content (AvgIpc) is 3.04. The lowest BCUT2D eigenvalue weighted by Gasteiger charge is -2.31. The lowest BCUT2D eigenvalue weighted by atomic mass is 10.1. The van der Waals surface area contributed by atoms with E-state index in [4.69, 9.17) is 0 Å². The number of rotatable bonds is 4. The van der Waals surface area contributed by atoms with Crippen molar-refractivity contribution in [2.45, 2.75) is 30.7 Å². The highest BCUT2D eigenvalue weighted by molar-refractivity contribution is 9.10. The van der Waals surface area contributed by atoms with Crippen LogP contribution in [0.15, 0.2) is 39.7 Å². The van der Waals surface area contributed by atoms with Crippen LogP contribution in [0.5, 0.6) is 0 Å². The van der Waals surface area contributed by atoms with Crippen molar-refractivity contribution >= 4 is 43.2 Å². The predicted molar refractivity (Wildman–Crippen MR) is 102 cm³/mol. The Balaban J connectivity index is 1.64. The summed E-state index contributed by atoms with van der Waals surface area (Å²) in [4.78, 5) is 13.6. The third-order valence-corrected chi connectivity index (χ3v) is 7.67. The van der Waals surface area contributed by atoms with Crippen molar-refractivity contribution in [1.29, 1.82) is 0 Å². The summed E-state index contributed by atoms with van der Waals surface area (Å²) < 4.78 is 41.1. The maximum atomic E-state index is 14.0. The number of thiophene rings is 1. The standard InChI is InChI=1S/C17H18BrFN2O3S2/c1-11-2-5-15(25-11)17(22)20-13-6-8-21(9-7-13)26(23,24)16-10-12(18)3-4-14(16)19/h2-5,10,13H,6-9H2,1H3,(H,20,22). The molecule has 0 radical (unpaired) electrons. The van der Waals surface area contributed by atoms with Crippen molar-refractivity contribution in [2.24, 2.45) is 0 Å². The first-order valence-electron chi connectivity index (χ1n) is 8.10. The number of piperidine rings is 1. The second kappa shape index (κ2) is 7.75. The number of benzene rings is 1. The molecular formula is C17H18BrFN2O3S2. The molecule has 1 aliphatic heterocycles. The van der Waals surface area contributed by atoms with Crippen LogP contribution >= 0.6 is 27.3 Å². The molecule has 3 rings (SSSR count). The van der Waals surface area contributed by atoms with Gasteiger partial charge in [0.05, 0.1) is 4.88 Å². The van der Waals surface area contributed by atoms with Crippen molar-refractivity contribution in [1.82, 2.24) is 9.62 Å². The second-order valence-corrected chi connectivity index (χ2v) is 10.2. The summed E-state index contributed by atoms with van der Waals surface area (Å²) in [6.07, 6.45) is 0.982. The van der Waals surface area contributed by atoms with Crippen molar-refractivity contribution < 1.29 is 17.6 Å². The van der Waals surface area contributed by atoms with Gasteiger partial charge in [-0.05, 0) is 50.1 Å². The molecule has 0 unspecified atom stereocenters. The molecule has 0 saturated carbocycles. The minimum Gasteiger partial charge on any atom is -0.349 e. The lowest BCUT2D eigenvalue weighted by Crippen LogP contribution is -2.46. The van der Waals surface area contributed by atoms with Crippen LogP contribution < -0.4 is 5.32 Å². The molecule has 0 spiro atoms. The highest BCUT2D eigenvalue weighted by atomic mass is 79.9. The Morgan fingerprint density at radius 1 is 1.27 bits per heavy atom. The maximum Gasteiger partial charge on any atom is 0.261 e. The van der Waals surface area contributed by atoms with E-state index >= 15 is 0 Å². The molecule has 2 heterocycles. The SMILES string of the molecule is Cc1ccc(C(=O)NC2CCN(S(=O)(=O)c3cc(Br)ccc3F)CC2)s1. The van der Waals surface area contributed by atoms with Crippen molar-refractivity contribution in [2.75, 3.05) is 13.1 Å². The fourth-order valence-electron chi connectivity index (χ4n) is 2.87. The third kappa shape index (κ3) is 4.16. The van der Waals surface area contributed by atoms with Gasteiger partial charge in [-0.3, -0.25) is 4.79 Å². The summed E-state index contributed by atoms with van der Waals surface area (Å²) >= 11 is 4.60. The molecule has 1 fully saturated rings. The summed E-state index contributed by atoms with van der Waals surface area (Å²) in [5.74, 6) is -0.904. The van der Waals surface area contributed by atoms with E-state index in [9.17, 15) is 17.6 Å². The van der Waals surface area contributed by atoms with Crippen LogP contribution in [0.3, 0.4) is 0 Å². The lowest BCUT2D eigenvalue weighted by molar-refractivity contribution is 0.0928. The van der Waals surface area contributed by atoms with Gasteiger partial charge in [0, 0.05) is 28.5 Å². The van der Waals surface area contributed by atoms with E-state index in [0.29, 0.717) is 22.2 Å². The van der Waals surface area contributed by atoms with E-state index in [1.807, 2.05) is 13.0 Å². The molecule has 0 bridgehead atoms. The van der Waals surface area contributed by atoms with Gasteiger partial charge in [-0.2, -0.15) is 4.31 Å². The minimum absolute atomic E-state index is 0.0938. The number of carbonyl (C=O) groups is 1. The fraction of sp³-hybridized carbons (Fsp3) is 0.353. The molecule has 0 atom stereocenters. The Labute approximate surface area is 164 Å². The Hall–Kier alpha value is -1.29. The van der Waals surface area contributed by atoms with Crippen LogP contribution in [0.1, 0.15) is 27.4 Å². The Morgan fingerprint density at radius 2 is 1.96 bits per heavy atom. The number of sulfonamides is 1. The summed E-state index contributed by atoms with van der Waals surface area (Å²) in [5, 5.41) is 2.95. The number of carbonyl (C=O) groups excluding carboxylic acids is 1. The van der Waals surface area contributed by atoms with Crippen LogP contribution in [0.2, 0.25) is 0 Å². The van der Waals surface area contributed by atoms with Gasteiger partial charge in [-0.1, -0.05) is 15.9 Å². The topological polar surface area (TPSA) is 66.5 Å². The number of aryl methyl sites for hydroxylation is 1. The first kappa shape index (κ1) is 19.5. The zero-order valence-electron chi connectivity index (χ0n) is 14.0. The molecule has 140 valence electrons. The largest absolute Gasteiger partial charge is 0.349 e. The van der Waals surface area contributed by atoms with Gasteiger partial charge in [-0.15, -0.1) is 11.3 Å². The number of hydrogen-bond donors (Lipinski definition) is 1. The van der Waals surface area contributed by atoms with Gasteiger partial charge in [0.25, 0.3) is 5.91 Å². The van der Waals surface area contributed by atoms with Crippen molar-refractivity contribution in [3.63, 3.8) is 0 Å². The predicted octanol–water partition coefficient (Wildman–Crippen LogP) is 3.54. The Bertz CT molecular complexity index is 922. The second-order valence-electron chi connectivity index (χ2n) is 6.14. The zero-order chi connectivity index (χ0) is 18.9. The van der Waals surface area contributed by atoms with E-state index in [2.05, 4.69) is 21.2 Å². The molecular weight excluding hydrogens is 443 g/mol. The van der Waals surface area contributed by atoms with E-state index in [-0.39, 0.29) is 29.9 Å². The van der Waals surface area contributed by atoms with Gasteiger partial charge >= 0.3 is 0 Å². The maximum absolute atomic E-state index is 14.0. The molecule has 9 heteroatoms. The van der Waals surface area contributed by atoms with Crippen molar-refractivity contribution in [3.8, 4) is 0 Å². The van der Waals surface area contributed by atoms with E-state index in [1.54, 1.807) is 6.07 Å². The normalized spacial score (nSPS) is 16.6. The summed E-state index contributed by atoms with van der Waals surface area (Å²) in [6, 6.07) is 7.45. The molecule has 1 N–H and O–H groups in total. The Kier molecular flexibility index (Phi) is 5.81. The first-order chi connectivity index (χ1) is 12.3. The number of amides is 1. The van der Waals surface area contributed by atoms with E-state index in [0.717, 1.165) is 10.9 Å². The molecule has 0 aliphatic carbocycles. The molecule has 1 aromatic carbocycles. The molecule has 5 nitrogen and oxygen atoms in total.